The van der Waals surface area contributed by atoms with Gasteiger partial charge in [0.05, 0.1) is 0 Å². The van der Waals surface area contributed by atoms with Gasteiger partial charge in [0, 0.05) is 11.6 Å². The molecular weight excluding hydrogens is 126 g/mol. The molecule has 2 heterocycles. The van der Waals surface area contributed by atoms with E-state index in [0.717, 1.165) is 11.3 Å². The molecule has 0 aliphatic carbocycles. The smallest absolute Gasteiger partial charge is 0.210 e. The van der Waals surface area contributed by atoms with Crippen molar-refractivity contribution in [3.63, 3.8) is 0 Å². The Morgan fingerprint density at radius 1 is 1.50 bits per heavy atom. The van der Waals surface area contributed by atoms with E-state index in [-0.39, 0.29) is 0 Å². The fourth-order valence-electron chi connectivity index (χ4n) is 1.00. The maximum Gasteiger partial charge on any atom is 0.210 e. The molecule has 0 unspecified atom stereocenters. The van der Waals surface area contributed by atoms with Crippen molar-refractivity contribution >= 4 is 6.08 Å². The first kappa shape index (κ1) is 5.47. The maximum atomic E-state index is 5.31. The number of H-pyrrole nitrogens is 1. The molecule has 0 fully saturated rings. The molecule has 10 heavy (non-hydrogen) atoms. The molecule has 0 aromatic carbocycles. The van der Waals surface area contributed by atoms with E-state index in [4.69, 9.17) is 4.74 Å². The Hall–Kier alpha value is -1.31. The molecule has 1 N–H and O–H groups in total. The summed E-state index contributed by atoms with van der Waals surface area (Å²) in [5, 5.41) is 0. The third-order valence-corrected chi connectivity index (χ3v) is 1.49. The third-order valence-electron chi connectivity index (χ3n) is 1.49. The minimum Gasteiger partial charge on any atom is -0.483 e. The summed E-state index contributed by atoms with van der Waals surface area (Å²) >= 11 is 0. The molecule has 0 spiro atoms. The van der Waals surface area contributed by atoms with Gasteiger partial charge in [0.25, 0.3) is 0 Å². The zero-order chi connectivity index (χ0) is 6.81. The summed E-state index contributed by atoms with van der Waals surface area (Å²) in [6.07, 6.45) is 7.81. The molecule has 0 bridgehead atoms. The summed E-state index contributed by atoms with van der Waals surface area (Å²) in [6.45, 7) is 0.685. The molecule has 0 radical (unpaired) electrons. The van der Waals surface area contributed by atoms with Gasteiger partial charge in [-0.2, -0.15) is 0 Å². The summed E-state index contributed by atoms with van der Waals surface area (Å²) in [7, 11) is 0. The van der Waals surface area contributed by atoms with Crippen molar-refractivity contribution < 1.29 is 9.72 Å². The number of pyridine rings is 1. The molecule has 0 amide bonds. The largest absolute Gasteiger partial charge is 0.483 e. The van der Waals surface area contributed by atoms with E-state index >= 15 is 0 Å². The van der Waals surface area contributed by atoms with Gasteiger partial charge in [-0.1, -0.05) is 6.08 Å². The van der Waals surface area contributed by atoms with Crippen molar-refractivity contribution in [2.75, 3.05) is 6.61 Å². The standard InChI is InChI=1S/C8H7NO/c1-2-7-3-4-9-6-8(7)10-5-1/h1-4,6H,5H2/p+1. The highest BCUT2D eigenvalue weighted by atomic mass is 16.5. The van der Waals surface area contributed by atoms with Gasteiger partial charge in [-0.15, -0.1) is 0 Å². The Kier molecular flexibility index (Phi) is 1.17. The number of aromatic nitrogens is 1. The highest BCUT2D eigenvalue weighted by Gasteiger charge is 2.05. The molecule has 2 heteroatoms. The van der Waals surface area contributed by atoms with E-state index in [1.54, 1.807) is 0 Å². The molecule has 0 atom stereocenters. The molecule has 1 aliphatic heterocycles. The van der Waals surface area contributed by atoms with Crippen molar-refractivity contribution in [3.8, 4) is 5.75 Å². The zero-order valence-electron chi connectivity index (χ0n) is 5.50. The Morgan fingerprint density at radius 2 is 2.50 bits per heavy atom. The van der Waals surface area contributed by atoms with Gasteiger partial charge in [-0.25, -0.2) is 4.98 Å². The van der Waals surface area contributed by atoms with Crippen LogP contribution in [0.5, 0.6) is 5.75 Å². The van der Waals surface area contributed by atoms with E-state index in [2.05, 4.69) is 11.1 Å². The first-order valence-corrected chi connectivity index (χ1v) is 3.26. The summed E-state index contributed by atoms with van der Waals surface area (Å²) in [5.41, 5.74) is 1.14. The monoisotopic (exact) mass is 134 g/mol. The van der Waals surface area contributed by atoms with Crippen LogP contribution >= 0.6 is 0 Å². The average molecular weight is 134 g/mol. The predicted molar refractivity (Wildman–Crippen MR) is 37.5 cm³/mol. The normalized spacial score (nSPS) is 14.0. The molecule has 50 valence electrons. The third kappa shape index (κ3) is 0.778. The second kappa shape index (κ2) is 2.14. The number of ether oxygens (including phenoxy) is 1. The number of nitrogens with one attached hydrogen (secondary N) is 1. The lowest BCUT2D eigenvalue weighted by Gasteiger charge is -2.07. The molecule has 0 saturated carbocycles. The van der Waals surface area contributed by atoms with Crippen LogP contribution in [0.3, 0.4) is 0 Å². The Bertz CT molecular complexity index is 268. The van der Waals surface area contributed by atoms with Gasteiger partial charge in [-0.3, -0.25) is 0 Å². The second-order valence-corrected chi connectivity index (χ2v) is 2.18. The average Bonchev–Trinajstić information content (AvgIpc) is 2.05. The van der Waals surface area contributed by atoms with E-state index < -0.39 is 0 Å². The SMILES string of the molecule is C1=Cc2cc[nH+]cc2OC1. The van der Waals surface area contributed by atoms with Crippen LogP contribution in [0.2, 0.25) is 0 Å². The fraction of sp³-hybridized carbons (Fsp3) is 0.125. The first-order chi connectivity index (χ1) is 4.97. The van der Waals surface area contributed by atoms with Gasteiger partial charge >= 0.3 is 0 Å². The maximum absolute atomic E-state index is 5.31. The lowest BCUT2D eigenvalue weighted by molar-refractivity contribution is -0.379. The zero-order valence-corrected chi connectivity index (χ0v) is 5.50. The lowest BCUT2D eigenvalue weighted by atomic mass is 10.2. The molecule has 2 nitrogen and oxygen atoms in total. The van der Waals surface area contributed by atoms with Crippen LogP contribution in [-0.4, -0.2) is 6.61 Å². The number of aromatic amines is 1. The number of rotatable bonds is 0. The van der Waals surface area contributed by atoms with Crippen molar-refractivity contribution in [2.45, 2.75) is 0 Å². The molecule has 1 aliphatic rings. The predicted octanol–water partition coefficient (Wildman–Crippen LogP) is 0.906. The van der Waals surface area contributed by atoms with Crippen LogP contribution in [0.25, 0.3) is 6.08 Å². The van der Waals surface area contributed by atoms with Crippen LogP contribution in [0.1, 0.15) is 5.56 Å². The van der Waals surface area contributed by atoms with Crippen molar-refractivity contribution in [2.24, 2.45) is 0 Å². The molecule has 1 aromatic rings. The summed E-state index contributed by atoms with van der Waals surface area (Å²) in [6, 6.07) is 1.99. The summed E-state index contributed by atoms with van der Waals surface area (Å²) < 4.78 is 5.31. The molecule has 2 rings (SSSR count). The summed E-state index contributed by atoms with van der Waals surface area (Å²) in [4.78, 5) is 2.96. The van der Waals surface area contributed by atoms with E-state index in [0.29, 0.717) is 6.61 Å². The van der Waals surface area contributed by atoms with Crippen molar-refractivity contribution in [3.05, 3.63) is 30.1 Å². The van der Waals surface area contributed by atoms with E-state index in [9.17, 15) is 0 Å². The van der Waals surface area contributed by atoms with Crippen LogP contribution in [0.15, 0.2) is 24.5 Å². The Labute approximate surface area is 59.2 Å². The Morgan fingerprint density at radius 3 is 3.40 bits per heavy atom. The lowest BCUT2D eigenvalue weighted by Crippen LogP contribution is -2.06. The summed E-state index contributed by atoms with van der Waals surface area (Å²) in [5.74, 6) is 0.935. The number of fused-ring (bicyclic) bond motifs is 1. The quantitative estimate of drug-likeness (QED) is 0.517. The Balaban J connectivity index is 2.54. The molecular formula is C8H8NO+. The van der Waals surface area contributed by atoms with Crippen LogP contribution in [0, 0.1) is 0 Å². The van der Waals surface area contributed by atoms with Gasteiger partial charge in [0.1, 0.15) is 6.61 Å². The minimum atomic E-state index is 0.685. The second-order valence-electron chi connectivity index (χ2n) is 2.18. The first-order valence-electron chi connectivity index (χ1n) is 3.26. The van der Waals surface area contributed by atoms with E-state index in [1.807, 2.05) is 24.5 Å². The van der Waals surface area contributed by atoms with Crippen LogP contribution < -0.4 is 9.72 Å². The molecule has 0 saturated heterocycles. The number of hydrogen-bond donors (Lipinski definition) is 0. The topological polar surface area (TPSA) is 23.4 Å². The minimum absolute atomic E-state index is 0.685. The van der Waals surface area contributed by atoms with Crippen LogP contribution in [0.4, 0.5) is 0 Å². The van der Waals surface area contributed by atoms with Gasteiger partial charge in [-0.05, 0) is 6.08 Å². The van der Waals surface area contributed by atoms with Gasteiger partial charge in [0.15, 0.2) is 11.9 Å². The van der Waals surface area contributed by atoms with Gasteiger partial charge < -0.3 is 4.74 Å². The van der Waals surface area contributed by atoms with Gasteiger partial charge in [0.2, 0.25) is 6.20 Å². The highest BCUT2D eigenvalue weighted by molar-refractivity contribution is 5.57. The fourth-order valence-corrected chi connectivity index (χ4v) is 1.00. The van der Waals surface area contributed by atoms with Crippen molar-refractivity contribution in [1.29, 1.82) is 0 Å². The number of hydrogen-bond acceptors (Lipinski definition) is 1. The molecule has 1 aromatic heterocycles. The van der Waals surface area contributed by atoms with Crippen molar-refractivity contribution in [1.82, 2.24) is 0 Å². The van der Waals surface area contributed by atoms with Crippen LogP contribution in [-0.2, 0) is 0 Å². The van der Waals surface area contributed by atoms with E-state index in [1.165, 1.54) is 0 Å². The highest BCUT2D eigenvalue weighted by Crippen LogP contribution is 2.19.